The van der Waals surface area contributed by atoms with Gasteiger partial charge in [0.15, 0.2) is 0 Å². The summed E-state index contributed by atoms with van der Waals surface area (Å²) in [4.78, 5) is 18.7. The number of aliphatic hydroxyl groups is 1. The summed E-state index contributed by atoms with van der Waals surface area (Å²) in [6, 6.07) is 15.5. The highest BCUT2D eigenvalue weighted by Crippen LogP contribution is 2.37. The van der Waals surface area contributed by atoms with Gasteiger partial charge >= 0.3 is 5.97 Å². The molecule has 1 aliphatic heterocycles. The molecule has 0 amide bonds. The van der Waals surface area contributed by atoms with Gasteiger partial charge < -0.3 is 15.1 Å². The van der Waals surface area contributed by atoms with E-state index < -0.39 is 17.5 Å². The van der Waals surface area contributed by atoms with Crippen LogP contribution in [0.15, 0.2) is 54.7 Å². The zero-order valence-electron chi connectivity index (χ0n) is 17.9. The van der Waals surface area contributed by atoms with Gasteiger partial charge in [0.2, 0.25) is 0 Å². The number of nitrogens with zero attached hydrogens (tertiary/aromatic N) is 4. The van der Waals surface area contributed by atoms with Crippen molar-refractivity contribution in [1.29, 1.82) is 0 Å². The van der Waals surface area contributed by atoms with Gasteiger partial charge in [0, 0.05) is 25.0 Å². The van der Waals surface area contributed by atoms with Crippen LogP contribution < -0.4 is 4.90 Å². The molecule has 1 aliphatic rings. The molecule has 2 aromatic heterocycles. The molecule has 2 atom stereocenters. The van der Waals surface area contributed by atoms with E-state index >= 15 is 0 Å². The number of aliphatic carboxylic acids is 1. The van der Waals surface area contributed by atoms with Crippen LogP contribution in [0, 0.1) is 19.3 Å². The fourth-order valence-corrected chi connectivity index (χ4v) is 4.38. The number of pyridine rings is 1. The molecule has 3 heterocycles. The van der Waals surface area contributed by atoms with Crippen molar-refractivity contribution in [2.75, 3.05) is 18.0 Å². The summed E-state index contributed by atoms with van der Waals surface area (Å²) in [5.74, 6) is -0.202. The lowest BCUT2D eigenvalue weighted by atomic mass is 9.71. The molecule has 7 heteroatoms. The number of β-amino-alcohol motifs (C(OH)–C–C–N with tert-alkyl or cyclic N) is 1. The maximum atomic E-state index is 12.2. The predicted molar refractivity (Wildman–Crippen MR) is 118 cm³/mol. The zero-order valence-corrected chi connectivity index (χ0v) is 17.9. The van der Waals surface area contributed by atoms with Crippen LogP contribution in [0.3, 0.4) is 0 Å². The summed E-state index contributed by atoms with van der Waals surface area (Å²) in [5, 5.41) is 25.4. The van der Waals surface area contributed by atoms with Gasteiger partial charge in [0.1, 0.15) is 11.2 Å². The standard InChI is InChI=1S/C24H28N4O3/c1-17-12-18(2)28(26-17)15-20-8-9-22(25-14-20)27-11-10-24(23(30)31,21(29)16-27)13-19-6-4-3-5-7-19/h3-9,12,14,21,29H,10-11,13,15-16H2,1-2H3,(H,30,31)/t21-,24+/m0/s1. The molecule has 4 rings (SSSR count). The lowest BCUT2D eigenvalue weighted by molar-refractivity contribution is -0.158. The maximum absolute atomic E-state index is 12.2. The number of aromatic nitrogens is 3. The predicted octanol–water partition coefficient (Wildman–Crippen LogP) is 2.83. The van der Waals surface area contributed by atoms with Gasteiger partial charge in [-0.2, -0.15) is 5.10 Å². The highest BCUT2D eigenvalue weighted by atomic mass is 16.4. The molecule has 162 valence electrons. The van der Waals surface area contributed by atoms with Crippen molar-refractivity contribution in [3.8, 4) is 0 Å². The van der Waals surface area contributed by atoms with Crippen LogP contribution >= 0.6 is 0 Å². The van der Waals surface area contributed by atoms with Crippen LogP contribution in [0.5, 0.6) is 0 Å². The molecule has 0 spiro atoms. The summed E-state index contributed by atoms with van der Waals surface area (Å²) in [5.41, 5.74) is 2.86. The van der Waals surface area contributed by atoms with Gasteiger partial charge in [-0.1, -0.05) is 36.4 Å². The number of carboxylic acid groups (broad SMARTS) is 1. The van der Waals surface area contributed by atoms with Crippen LogP contribution in [-0.2, 0) is 17.8 Å². The molecule has 0 bridgehead atoms. The summed E-state index contributed by atoms with van der Waals surface area (Å²) in [6.45, 7) is 5.42. The summed E-state index contributed by atoms with van der Waals surface area (Å²) in [6.07, 6.45) is 1.50. The zero-order chi connectivity index (χ0) is 22.0. The first-order chi connectivity index (χ1) is 14.9. The number of rotatable bonds is 6. The van der Waals surface area contributed by atoms with Gasteiger partial charge in [-0.3, -0.25) is 9.48 Å². The third-order valence-corrected chi connectivity index (χ3v) is 6.22. The van der Waals surface area contributed by atoms with Crippen molar-refractivity contribution in [3.63, 3.8) is 0 Å². The molecule has 0 unspecified atom stereocenters. The fourth-order valence-electron chi connectivity index (χ4n) is 4.38. The number of piperidine rings is 1. The summed E-state index contributed by atoms with van der Waals surface area (Å²) in [7, 11) is 0. The Labute approximate surface area is 182 Å². The van der Waals surface area contributed by atoms with Gasteiger partial charge in [-0.25, -0.2) is 4.98 Å². The monoisotopic (exact) mass is 420 g/mol. The average Bonchev–Trinajstić information content (AvgIpc) is 3.07. The van der Waals surface area contributed by atoms with E-state index in [9.17, 15) is 15.0 Å². The van der Waals surface area contributed by atoms with Crippen molar-refractivity contribution in [3.05, 3.63) is 77.2 Å². The molecular formula is C24H28N4O3. The van der Waals surface area contributed by atoms with Crippen LogP contribution in [0.1, 0.15) is 28.9 Å². The van der Waals surface area contributed by atoms with Crippen LogP contribution in [0.4, 0.5) is 5.82 Å². The molecule has 0 saturated carbocycles. The number of hydrogen-bond donors (Lipinski definition) is 2. The lowest BCUT2D eigenvalue weighted by Gasteiger charge is -2.43. The minimum atomic E-state index is -1.19. The van der Waals surface area contributed by atoms with Crippen LogP contribution in [0.25, 0.3) is 0 Å². The fraction of sp³-hybridized carbons (Fsp3) is 0.375. The van der Waals surface area contributed by atoms with E-state index in [1.165, 1.54) is 0 Å². The Balaban J connectivity index is 1.46. The molecule has 31 heavy (non-hydrogen) atoms. The van der Waals surface area contributed by atoms with E-state index in [1.54, 1.807) is 0 Å². The molecule has 1 fully saturated rings. The molecule has 2 N–H and O–H groups in total. The summed E-state index contributed by atoms with van der Waals surface area (Å²) < 4.78 is 1.95. The van der Waals surface area contributed by atoms with Crippen molar-refractivity contribution in [1.82, 2.24) is 14.8 Å². The number of aryl methyl sites for hydroxylation is 2. The second-order valence-electron chi connectivity index (χ2n) is 8.44. The maximum Gasteiger partial charge on any atom is 0.312 e. The molecular weight excluding hydrogens is 392 g/mol. The third-order valence-electron chi connectivity index (χ3n) is 6.22. The topological polar surface area (TPSA) is 91.5 Å². The molecule has 1 saturated heterocycles. The first-order valence-electron chi connectivity index (χ1n) is 10.5. The highest BCUT2D eigenvalue weighted by molar-refractivity contribution is 5.76. The second-order valence-corrected chi connectivity index (χ2v) is 8.44. The third kappa shape index (κ3) is 4.32. The van der Waals surface area contributed by atoms with Crippen molar-refractivity contribution in [2.24, 2.45) is 5.41 Å². The Morgan fingerprint density at radius 3 is 2.52 bits per heavy atom. The van der Waals surface area contributed by atoms with Crippen LogP contribution in [-0.4, -0.2) is 50.1 Å². The van der Waals surface area contributed by atoms with E-state index in [2.05, 4.69) is 10.1 Å². The molecule has 1 aromatic carbocycles. The van der Waals surface area contributed by atoms with E-state index in [4.69, 9.17) is 0 Å². The largest absolute Gasteiger partial charge is 0.481 e. The Kier molecular flexibility index (Phi) is 5.78. The number of carboxylic acids is 1. The highest BCUT2D eigenvalue weighted by Gasteiger charge is 2.48. The molecule has 0 radical (unpaired) electrons. The normalized spacial score (nSPS) is 21.3. The summed E-state index contributed by atoms with van der Waals surface area (Å²) >= 11 is 0. The van der Waals surface area contributed by atoms with Gasteiger partial charge in [-0.15, -0.1) is 0 Å². The quantitative estimate of drug-likeness (QED) is 0.637. The van der Waals surface area contributed by atoms with Gasteiger partial charge in [0.05, 0.1) is 18.3 Å². The minimum Gasteiger partial charge on any atom is -0.481 e. The van der Waals surface area contributed by atoms with E-state index in [-0.39, 0.29) is 6.54 Å². The van der Waals surface area contributed by atoms with E-state index in [0.717, 1.165) is 28.3 Å². The Morgan fingerprint density at radius 2 is 1.94 bits per heavy atom. The lowest BCUT2D eigenvalue weighted by Crippen LogP contribution is -2.56. The van der Waals surface area contributed by atoms with E-state index in [1.807, 2.05) is 78.2 Å². The Morgan fingerprint density at radius 1 is 1.16 bits per heavy atom. The smallest absolute Gasteiger partial charge is 0.312 e. The SMILES string of the molecule is Cc1cc(C)n(Cc2ccc(N3CC[C@](Cc4ccccc4)(C(=O)O)[C@@H](O)C3)nc2)n1. The van der Waals surface area contributed by atoms with Crippen LogP contribution in [0.2, 0.25) is 0 Å². The van der Waals surface area contributed by atoms with Gasteiger partial charge in [0.25, 0.3) is 0 Å². The first kappa shape index (κ1) is 21.1. The van der Waals surface area contributed by atoms with E-state index in [0.29, 0.717) is 25.9 Å². The first-order valence-corrected chi connectivity index (χ1v) is 10.5. The van der Waals surface area contributed by atoms with Crippen molar-refractivity contribution >= 4 is 11.8 Å². The second kappa shape index (κ2) is 8.51. The van der Waals surface area contributed by atoms with Crippen molar-refractivity contribution < 1.29 is 15.0 Å². The minimum absolute atomic E-state index is 0.239. The number of carbonyl (C=O) groups is 1. The van der Waals surface area contributed by atoms with Gasteiger partial charge in [-0.05, 0) is 49.9 Å². The number of benzene rings is 1. The molecule has 0 aliphatic carbocycles. The average molecular weight is 421 g/mol. The molecule has 7 nitrogen and oxygen atoms in total. The molecule has 3 aromatic rings. The Bertz CT molecular complexity index is 1050. The van der Waals surface area contributed by atoms with Crippen molar-refractivity contribution in [2.45, 2.75) is 39.3 Å². The number of aliphatic hydroxyl groups excluding tert-OH is 1. The number of hydrogen-bond acceptors (Lipinski definition) is 5. The number of anilines is 1. The Hall–Kier alpha value is -3.19.